The lowest BCUT2D eigenvalue weighted by atomic mass is 10.1. The number of hydrogen-bond acceptors (Lipinski definition) is 4. The molecule has 2 heterocycles. The third kappa shape index (κ3) is 5.34. The number of anilines is 1. The zero-order valence-corrected chi connectivity index (χ0v) is 16.0. The van der Waals surface area contributed by atoms with Crippen molar-refractivity contribution in [1.29, 1.82) is 0 Å². The molecule has 1 saturated carbocycles. The van der Waals surface area contributed by atoms with Gasteiger partial charge in [-0.25, -0.2) is 9.98 Å². The second kappa shape index (κ2) is 8.38. The maximum Gasteiger partial charge on any atom is 0.243 e. The molecule has 2 N–H and O–H groups in total. The van der Waals surface area contributed by atoms with Gasteiger partial charge in [0.25, 0.3) is 0 Å². The normalized spacial score (nSPS) is 18.6. The number of aryl methyl sites for hydroxylation is 1. The lowest BCUT2D eigenvalue weighted by Crippen LogP contribution is -2.49. The third-order valence-corrected chi connectivity index (χ3v) is 4.84. The number of nitrogens with one attached hydrogen (secondary N) is 2. The van der Waals surface area contributed by atoms with Gasteiger partial charge in [-0.05, 0) is 44.2 Å². The summed E-state index contributed by atoms with van der Waals surface area (Å²) < 4.78 is 0. The Bertz CT molecular complexity index is 630. The minimum Gasteiger partial charge on any atom is -0.356 e. The highest BCUT2D eigenvalue weighted by atomic mass is 16.2. The van der Waals surface area contributed by atoms with E-state index >= 15 is 0 Å². The minimum atomic E-state index is 0.0159. The van der Waals surface area contributed by atoms with Crippen LogP contribution in [0, 0.1) is 6.92 Å². The molecule has 0 radical (unpaired) electrons. The summed E-state index contributed by atoms with van der Waals surface area (Å²) in [6.07, 6.45) is 6.34. The van der Waals surface area contributed by atoms with Crippen molar-refractivity contribution in [3.8, 4) is 0 Å². The summed E-state index contributed by atoms with van der Waals surface area (Å²) in [7, 11) is 3.52. The maximum absolute atomic E-state index is 11.8. The van der Waals surface area contributed by atoms with E-state index in [4.69, 9.17) is 0 Å². The van der Waals surface area contributed by atoms with Crippen molar-refractivity contribution in [1.82, 2.24) is 20.5 Å². The highest BCUT2D eigenvalue weighted by molar-refractivity contribution is 5.85. The van der Waals surface area contributed by atoms with Crippen LogP contribution in [0.15, 0.2) is 23.3 Å². The Kier molecular flexibility index (Phi) is 5.96. The Morgan fingerprint density at radius 1 is 1.19 bits per heavy atom. The SMILES string of the molecule is Cc1ccc(N2CCC(NC(=NCC(=O)N(C)C)NC3CC3)CC2)nc1. The van der Waals surface area contributed by atoms with E-state index in [1.165, 1.54) is 18.4 Å². The molecule has 1 aromatic heterocycles. The molecule has 142 valence electrons. The summed E-state index contributed by atoms with van der Waals surface area (Å²) in [6, 6.07) is 5.08. The van der Waals surface area contributed by atoms with Gasteiger partial charge >= 0.3 is 0 Å². The second-order valence-electron chi connectivity index (χ2n) is 7.47. The Balaban J connectivity index is 1.52. The van der Waals surface area contributed by atoms with Crippen molar-refractivity contribution in [2.24, 2.45) is 4.99 Å². The van der Waals surface area contributed by atoms with Gasteiger partial charge in [0.05, 0.1) is 0 Å². The van der Waals surface area contributed by atoms with Crippen LogP contribution in [0.25, 0.3) is 0 Å². The van der Waals surface area contributed by atoms with Gasteiger partial charge < -0.3 is 20.4 Å². The van der Waals surface area contributed by atoms with Crippen LogP contribution in [0.2, 0.25) is 0 Å². The highest BCUT2D eigenvalue weighted by Crippen LogP contribution is 2.20. The van der Waals surface area contributed by atoms with Crippen LogP contribution in [0.1, 0.15) is 31.2 Å². The summed E-state index contributed by atoms with van der Waals surface area (Å²) in [5.74, 6) is 1.84. The molecule has 1 saturated heterocycles. The molecule has 26 heavy (non-hydrogen) atoms. The Labute approximate surface area is 155 Å². The number of likely N-dealkylation sites (N-methyl/N-ethyl adjacent to an activating group) is 1. The zero-order valence-electron chi connectivity index (χ0n) is 16.0. The maximum atomic E-state index is 11.8. The van der Waals surface area contributed by atoms with E-state index in [0.717, 1.165) is 37.7 Å². The van der Waals surface area contributed by atoms with Gasteiger partial charge in [-0.15, -0.1) is 0 Å². The predicted octanol–water partition coefficient (Wildman–Crippen LogP) is 1.14. The van der Waals surface area contributed by atoms with Crippen LogP contribution in [0.4, 0.5) is 5.82 Å². The smallest absolute Gasteiger partial charge is 0.243 e. The predicted molar refractivity (Wildman–Crippen MR) is 104 cm³/mol. The van der Waals surface area contributed by atoms with Gasteiger partial charge in [-0.3, -0.25) is 4.79 Å². The van der Waals surface area contributed by atoms with E-state index in [-0.39, 0.29) is 12.5 Å². The van der Waals surface area contributed by atoms with Crippen molar-refractivity contribution in [3.05, 3.63) is 23.9 Å². The van der Waals surface area contributed by atoms with Crippen LogP contribution >= 0.6 is 0 Å². The number of carbonyl (C=O) groups excluding carboxylic acids is 1. The van der Waals surface area contributed by atoms with Crippen molar-refractivity contribution in [3.63, 3.8) is 0 Å². The molecule has 7 heteroatoms. The van der Waals surface area contributed by atoms with Crippen molar-refractivity contribution >= 4 is 17.7 Å². The number of aliphatic imine (C=N–C) groups is 1. The number of aromatic nitrogens is 1. The second-order valence-corrected chi connectivity index (χ2v) is 7.47. The number of guanidine groups is 1. The molecule has 7 nitrogen and oxygen atoms in total. The fraction of sp³-hybridized carbons (Fsp3) is 0.632. The van der Waals surface area contributed by atoms with Crippen LogP contribution in [-0.2, 0) is 4.79 Å². The largest absolute Gasteiger partial charge is 0.356 e. The van der Waals surface area contributed by atoms with E-state index in [9.17, 15) is 4.79 Å². The van der Waals surface area contributed by atoms with E-state index in [1.807, 2.05) is 6.20 Å². The molecule has 1 aromatic rings. The number of piperidine rings is 1. The Hall–Kier alpha value is -2.31. The Morgan fingerprint density at radius 3 is 2.38 bits per heavy atom. The molecule has 2 fully saturated rings. The molecular formula is C19H30N6O. The monoisotopic (exact) mass is 358 g/mol. The number of hydrogen-bond donors (Lipinski definition) is 2. The van der Waals surface area contributed by atoms with Gasteiger partial charge in [-0.2, -0.15) is 0 Å². The molecular weight excluding hydrogens is 328 g/mol. The minimum absolute atomic E-state index is 0.0159. The molecule has 0 atom stereocenters. The molecule has 3 rings (SSSR count). The molecule has 1 amide bonds. The van der Waals surface area contributed by atoms with Gasteiger partial charge in [0, 0.05) is 45.5 Å². The summed E-state index contributed by atoms with van der Waals surface area (Å²) in [4.78, 5) is 24.7. The zero-order chi connectivity index (χ0) is 18.5. The van der Waals surface area contributed by atoms with Crippen LogP contribution < -0.4 is 15.5 Å². The number of amides is 1. The van der Waals surface area contributed by atoms with Gasteiger partial charge in [0.1, 0.15) is 12.4 Å². The molecule has 1 aliphatic carbocycles. The number of pyridine rings is 1. The first-order valence-corrected chi connectivity index (χ1v) is 9.46. The van der Waals surface area contributed by atoms with E-state index in [1.54, 1.807) is 19.0 Å². The molecule has 0 spiro atoms. The fourth-order valence-corrected chi connectivity index (χ4v) is 2.94. The lowest BCUT2D eigenvalue weighted by Gasteiger charge is -2.34. The first-order chi connectivity index (χ1) is 12.5. The van der Waals surface area contributed by atoms with Crippen molar-refractivity contribution in [2.75, 3.05) is 38.6 Å². The first-order valence-electron chi connectivity index (χ1n) is 9.46. The molecule has 2 aliphatic rings. The van der Waals surface area contributed by atoms with Crippen LogP contribution in [0.5, 0.6) is 0 Å². The van der Waals surface area contributed by atoms with Crippen LogP contribution in [0.3, 0.4) is 0 Å². The summed E-state index contributed by atoms with van der Waals surface area (Å²) in [6.45, 7) is 4.19. The summed E-state index contributed by atoms with van der Waals surface area (Å²) in [5, 5.41) is 6.95. The average Bonchev–Trinajstić information content (AvgIpc) is 3.44. The van der Waals surface area contributed by atoms with Gasteiger partial charge in [0.15, 0.2) is 5.96 Å². The number of rotatable bonds is 5. The van der Waals surface area contributed by atoms with Crippen molar-refractivity contribution < 1.29 is 4.79 Å². The summed E-state index contributed by atoms with van der Waals surface area (Å²) >= 11 is 0. The topological polar surface area (TPSA) is 72.9 Å². The quantitative estimate of drug-likeness (QED) is 0.610. The van der Waals surface area contributed by atoms with Gasteiger partial charge in [-0.1, -0.05) is 6.07 Å². The molecule has 0 aromatic carbocycles. The van der Waals surface area contributed by atoms with Crippen LogP contribution in [-0.4, -0.2) is 67.6 Å². The highest BCUT2D eigenvalue weighted by Gasteiger charge is 2.25. The Morgan fingerprint density at radius 2 is 1.85 bits per heavy atom. The van der Waals surface area contributed by atoms with Crippen molar-refractivity contribution in [2.45, 2.75) is 44.7 Å². The molecule has 0 unspecified atom stereocenters. The third-order valence-electron chi connectivity index (χ3n) is 4.84. The first kappa shape index (κ1) is 18.5. The fourth-order valence-electron chi connectivity index (χ4n) is 2.94. The lowest BCUT2D eigenvalue weighted by molar-refractivity contribution is -0.127. The van der Waals surface area contributed by atoms with Gasteiger partial charge in [0.2, 0.25) is 5.91 Å². The molecule has 0 bridgehead atoms. The number of nitrogens with zero attached hydrogens (tertiary/aromatic N) is 4. The number of carbonyl (C=O) groups is 1. The van der Waals surface area contributed by atoms with E-state index in [2.05, 4.69) is 44.6 Å². The standard InChI is InChI=1S/C19H30N6O/c1-14-4-7-17(20-12-14)25-10-8-16(9-11-25)23-19(22-15-5-6-15)21-13-18(26)24(2)3/h4,7,12,15-16H,5-6,8-11,13H2,1-3H3,(H2,21,22,23). The molecule has 1 aliphatic heterocycles. The average molecular weight is 358 g/mol. The van der Waals surface area contributed by atoms with E-state index < -0.39 is 0 Å². The summed E-state index contributed by atoms with van der Waals surface area (Å²) in [5.41, 5.74) is 1.18. The van der Waals surface area contributed by atoms with E-state index in [0.29, 0.717) is 12.1 Å².